The summed E-state index contributed by atoms with van der Waals surface area (Å²) in [6, 6.07) is 6.00. The van der Waals surface area contributed by atoms with E-state index in [4.69, 9.17) is 14.2 Å². The Balaban J connectivity index is 1.42. The third-order valence-electron chi connectivity index (χ3n) is 4.18. The molecular weight excluding hydrogens is 326 g/mol. The van der Waals surface area contributed by atoms with Gasteiger partial charge in [0, 0.05) is 24.3 Å². The molecule has 1 aromatic rings. The molecule has 7 heteroatoms. The Kier molecular flexibility index (Phi) is 4.89. The number of hydrogen-bond acceptors (Lipinski definition) is 6. The van der Waals surface area contributed by atoms with Crippen LogP contribution in [0, 0.1) is 0 Å². The quantitative estimate of drug-likeness (QED) is 0.910. The van der Waals surface area contributed by atoms with E-state index in [1.807, 2.05) is 18.2 Å². The van der Waals surface area contributed by atoms with E-state index in [2.05, 4.69) is 15.5 Å². The molecular formula is C17H21N3O3S. The van der Waals surface area contributed by atoms with Gasteiger partial charge in [-0.2, -0.15) is 5.10 Å². The fourth-order valence-corrected chi connectivity index (χ4v) is 3.64. The molecule has 1 atom stereocenters. The Morgan fingerprint density at radius 3 is 2.88 bits per heavy atom. The summed E-state index contributed by atoms with van der Waals surface area (Å²) >= 11 is 1.67. The molecule has 1 aromatic carbocycles. The maximum atomic E-state index is 5.75. The van der Waals surface area contributed by atoms with Crippen LogP contribution in [-0.2, 0) is 4.74 Å². The Morgan fingerprint density at radius 1 is 1.17 bits per heavy atom. The van der Waals surface area contributed by atoms with Gasteiger partial charge in [0.2, 0.25) is 0 Å². The van der Waals surface area contributed by atoms with Crippen molar-refractivity contribution in [3.8, 4) is 11.5 Å². The van der Waals surface area contributed by atoms with Crippen molar-refractivity contribution in [1.29, 1.82) is 0 Å². The molecule has 1 N–H and O–H groups in total. The highest BCUT2D eigenvalue weighted by Gasteiger charge is 2.18. The minimum absolute atomic E-state index is 0.270. The molecule has 3 aliphatic heterocycles. The van der Waals surface area contributed by atoms with Gasteiger partial charge in [0.25, 0.3) is 0 Å². The molecule has 0 spiro atoms. The first-order valence-electron chi connectivity index (χ1n) is 8.40. The van der Waals surface area contributed by atoms with Crippen molar-refractivity contribution in [3.63, 3.8) is 0 Å². The van der Waals surface area contributed by atoms with Crippen molar-refractivity contribution >= 4 is 22.6 Å². The molecule has 0 saturated carbocycles. The minimum atomic E-state index is 0.270. The first-order valence-corrected chi connectivity index (χ1v) is 9.38. The number of nitrogens with zero attached hydrogens (tertiary/aromatic N) is 2. The predicted molar refractivity (Wildman–Crippen MR) is 95.5 cm³/mol. The topological polar surface area (TPSA) is 64.4 Å². The van der Waals surface area contributed by atoms with E-state index < -0.39 is 0 Å². The number of hydrogen-bond donors (Lipinski definition) is 1. The van der Waals surface area contributed by atoms with Crippen LogP contribution in [0.4, 0.5) is 0 Å². The van der Waals surface area contributed by atoms with E-state index in [0.717, 1.165) is 59.6 Å². The molecule has 128 valence electrons. The maximum absolute atomic E-state index is 5.75. The summed E-state index contributed by atoms with van der Waals surface area (Å²) in [6.45, 7) is 2.97. The van der Waals surface area contributed by atoms with Gasteiger partial charge < -0.3 is 14.2 Å². The van der Waals surface area contributed by atoms with Gasteiger partial charge in [0.15, 0.2) is 16.7 Å². The molecule has 4 rings (SSSR count). The third kappa shape index (κ3) is 3.67. The average molecular weight is 347 g/mol. The number of benzene rings is 1. The summed E-state index contributed by atoms with van der Waals surface area (Å²) in [5, 5.41) is 5.34. The van der Waals surface area contributed by atoms with Gasteiger partial charge in [-0.3, -0.25) is 10.4 Å². The number of ether oxygens (including phenoxy) is 3. The maximum Gasteiger partial charge on any atom is 0.177 e. The van der Waals surface area contributed by atoms with E-state index in [1.165, 1.54) is 0 Å². The van der Waals surface area contributed by atoms with Crippen LogP contribution in [0.1, 0.15) is 24.8 Å². The summed E-state index contributed by atoms with van der Waals surface area (Å²) in [7, 11) is 0. The van der Waals surface area contributed by atoms with E-state index in [1.54, 1.807) is 11.8 Å². The molecule has 1 saturated heterocycles. The number of rotatable bonds is 3. The fraction of sp³-hybridized carbons (Fsp3) is 0.529. The molecule has 0 amide bonds. The summed E-state index contributed by atoms with van der Waals surface area (Å²) < 4.78 is 17.0. The highest BCUT2D eigenvalue weighted by Crippen LogP contribution is 2.31. The second kappa shape index (κ2) is 7.44. The highest BCUT2D eigenvalue weighted by atomic mass is 32.2. The molecule has 3 aliphatic rings. The second-order valence-corrected chi connectivity index (χ2v) is 6.92. The predicted octanol–water partition coefficient (Wildman–Crippen LogP) is 2.42. The van der Waals surface area contributed by atoms with Crippen molar-refractivity contribution < 1.29 is 14.2 Å². The lowest BCUT2D eigenvalue weighted by atomic mass is 10.1. The first kappa shape index (κ1) is 15.8. The number of fused-ring (bicyclic) bond motifs is 1. The fourth-order valence-electron chi connectivity index (χ4n) is 2.86. The molecule has 3 heterocycles. The van der Waals surface area contributed by atoms with Crippen LogP contribution in [0.15, 0.2) is 28.3 Å². The van der Waals surface area contributed by atoms with Crippen LogP contribution >= 0.6 is 11.8 Å². The van der Waals surface area contributed by atoms with Gasteiger partial charge in [0.1, 0.15) is 0 Å². The number of nitrogens with one attached hydrogen (secondary N) is 1. The number of hydrazone groups is 1. The zero-order chi connectivity index (χ0) is 16.2. The lowest BCUT2D eigenvalue weighted by Gasteiger charge is -2.16. The zero-order valence-electron chi connectivity index (χ0n) is 13.5. The van der Waals surface area contributed by atoms with Crippen molar-refractivity contribution in [1.82, 2.24) is 5.43 Å². The molecule has 0 radical (unpaired) electrons. The SMILES string of the molecule is c1cc2c(cc1C1=NNC(=NC[C@@H]3CCCO3)SC1)OCCCO2. The van der Waals surface area contributed by atoms with E-state index in [0.29, 0.717) is 19.8 Å². The van der Waals surface area contributed by atoms with Gasteiger partial charge in [-0.05, 0) is 31.0 Å². The number of aliphatic imine (C=N–C) groups is 1. The zero-order valence-corrected chi connectivity index (χ0v) is 14.3. The largest absolute Gasteiger partial charge is 0.490 e. The summed E-state index contributed by atoms with van der Waals surface area (Å²) in [5.74, 6) is 2.40. The molecule has 0 unspecified atom stereocenters. The smallest absolute Gasteiger partial charge is 0.177 e. The summed E-state index contributed by atoms with van der Waals surface area (Å²) in [6.07, 6.45) is 3.43. The lowest BCUT2D eigenvalue weighted by molar-refractivity contribution is 0.118. The van der Waals surface area contributed by atoms with Crippen LogP contribution in [0.2, 0.25) is 0 Å². The van der Waals surface area contributed by atoms with E-state index in [9.17, 15) is 0 Å². The molecule has 0 aromatic heterocycles. The lowest BCUT2D eigenvalue weighted by Crippen LogP contribution is -2.26. The molecule has 0 bridgehead atoms. The Hall–Kier alpha value is -1.73. The number of amidine groups is 1. The second-order valence-electron chi connectivity index (χ2n) is 5.95. The van der Waals surface area contributed by atoms with Gasteiger partial charge in [-0.15, -0.1) is 0 Å². The third-order valence-corrected chi connectivity index (χ3v) is 5.09. The highest BCUT2D eigenvalue weighted by molar-refractivity contribution is 8.14. The van der Waals surface area contributed by atoms with Crippen LogP contribution in [0.3, 0.4) is 0 Å². The minimum Gasteiger partial charge on any atom is -0.490 e. The van der Waals surface area contributed by atoms with Crippen molar-refractivity contribution in [3.05, 3.63) is 23.8 Å². The van der Waals surface area contributed by atoms with Gasteiger partial charge in [0.05, 0.1) is 31.6 Å². The van der Waals surface area contributed by atoms with Crippen molar-refractivity contribution in [2.45, 2.75) is 25.4 Å². The summed E-state index contributed by atoms with van der Waals surface area (Å²) in [4.78, 5) is 4.57. The van der Waals surface area contributed by atoms with Gasteiger partial charge in [-0.25, -0.2) is 0 Å². The average Bonchev–Trinajstić information content (AvgIpc) is 3.04. The molecule has 0 aliphatic carbocycles. The Bertz CT molecular complexity index is 656. The first-order chi connectivity index (χ1) is 11.9. The normalized spacial score (nSPS) is 25.1. The van der Waals surface area contributed by atoms with Crippen LogP contribution in [0.5, 0.6) is 11.5 Å². The van der Waals surface area contributed by atoms with Crippen LogP contribution in [0.25, 0.3) is 0 Å². The molecule has 1 fully saturated rings. The Morgan fingerprint density at radius 2 is 2.08 bits per heavy atom. The van der Waals surface area contributed by atoms with Gasteiger partial charge in [-0.1, -0.05) is 11.8 Å². The van der Waals surface area contributed by atoms with Crippen molar-refractivity contribution in [2.75, 3.05) is 32.1 Å². The van der Waals surface area contributed by atoms with Gasteiger partial charge >= 0.3 is 0 Å². The van der Waals surface area contributed by atoms with Crippen molar-refractivity contribution in [2.24, 2.45) is 10.1 Å². The summed E-state index contributed by atoms with van der Waals surface area (Å²) in [5.41, 5.74) is 5.10. The number of thioether (sulfide) groups is 1. The van der Waals surface area contributed by atoms with Crippen LogP contribution in [-0.4, -0.2) is 49.1 Å². The van der Waals surface area contributed by atoms with E-state index >= 15 is 0 Å². The standard InChI is InChI=1S/C17H21N3O3S/c1-3-13(21-6-1)10-18-17-20-19-14(11-24-17)12-4-5-15-16(9-12)23-8-2-7-22-15/h4-5,9,13H,1-3,6-8,10-11H2,(H,18,20)/t13-/m0/s1. The monoisotopic (exact) mass is 347 g/mol. The van der Waals surface area contributed by atoms with Crippen LogP contribution < -0.4 is 14.9 Å². The Labute approximate surface area is 145 Å². The molecule has 6 nitrogen and oxygen atoms in total. The molecule has 24 heavy (non-hydrogen) atoms. The van der Waals surface area contributed by atoms with E-state index in [-0.39, 0.29) is 6.10 Å².